The van der Waals surface area contributed by atoms with E-state index in [-0.39, 0.29) is 5.91 Å². The number of nitrogens with zero attached hydrogens (tertiary/aromatic N) is 2. The van der Waals surface area contributed by atoms with Crippen LogP contribution in [-0.4, -0.2) is 17.1 Å². The predicted octanol–water partition coefficient (Wildman–Crippen LogP) is 0.163. The highest BCUT2D eigenvalue weighted by molar-refractivity contribution is 5.93. The number of nitrogens with one attached hydrogen (secondary N) is 1. The van der Waals surface area contributed by atoms with Gasteiger partial charge in [0.2, 0.25) is 0 Å². The zero-order valence-electron chi connectivity index (χ0n) is 5.82. The van der Waals surface area contributed by atoms with Crippen molar-refractivity contribution >= 4 is 12.1 Å². The first-order chi connectivity index (χ1) is 5.38. The molecule has 0 aliphatic carbocycles. The topological polar surface area (TPSA) is 44.7 Å². The molecule has 2 rings (SSSR count). The summed E-state index contributed by atoms with van der Waals surface area (Å²) in [7, 11) is 0. The van der Waals surface area contributed by atoms with E-state index < -0.39 is 0 Å². The van der Waals surface area contributed by atoms with Gasteiger partial charge < -0.3 is 0 Å². The van der Waals surface area contributed by atoms with Crippen LogP contribution in [0.3, 0.4) is 0 Å². The molecule has 2 aliphatic rings. The Morgan fingerprint density at radius 2 is 2.55 bits per heavy atom. The van der Waals surface area contributed by atoms with E-state index >= 15 is 0 Å². The van der Waals surface area contributed by atoms with Crippen LogP contribution in [0.4, 0.5) is 0 Å². The maximum absolute atomic E-state index is 11.1. The molecule has 4 heteroatoms. The van der Waals surface area contributed by atoms with Crippen molar-refractivity contribution in [2.45, 2.75) is 6.42 Å². The zero-order chi connectivity index (χ0) is 7.68. The average Bonchev–Trinajstić information content (AvgIpc) is 2.06. The molecule has 0 saturated carbocycles. The molecule has 11 heavy (non-hydrogen) atoms. The van der Waals surface area contributed by atoms with Crippen LogP contribution in [0.25, 0.3) is 0 Å². The van der Waals surface area contributed by atoms with Crippen molar-refractivity contribution in [3.8, 4) is 0 Å². The van der Waals surface area contributed by atoms with Gasteiger partial charge in [0.25, 0.3) is 5.91 Å². The summed E-state index contributed by atoms with van der Waals surface area (Å²) in [5.41, 5.74) is 2.79. The molecule has 0 unspecified atom stereocenters. The number of aliphatic imine (C=N–C) groups is 1. The average molecular weight is 149 g/mol. The van der Waals surface area contributed by atoms with Gasteiger partial charge in [0.05, 0.1) is 6.42 Å². The van der Waals surface area contributed by atoms with E-state index in [0.717, 1.165) is 0 Å². The molecule has 1 N–H and O–H groups in total. The van der Waals surface area contributed by atoms with Crippen molar-refractivity contribution in [2.75, 3.05) is 0 Å². The number of hydrogen-bond donors (Lipinski definition) is 1. The standard InChI is InChI=1S/C7H7N3O/c11-7-3-5-8-6-2-1-4-9-10(6)7/h1-2,4-5,9H,3H2. The van der Waals surface area contributed by atoms with Gasteiger partial charge >= 0.3 is 0 Å². The maximum Gasteiger partial charge on any atom is 0.252 e. The summed E-state index contributed by atoms with van der Waals surface area (Å²) in [4.78, 5) is 15.2. The van der Waals surface area contributed by atoms with Crippen LogP contribution >= 0.6 is 0 Å². The fraction of sp³-hybridized carbons (Fsp3) is 0.143. The van der Waals surface area contributed by atoms with Crippen molar-refractivity contribution in [1.82, 2.24) is 10.4 Å². The van der Waals surface area contributed by atoms with E-state index in [1.807, 2.05) is 6.08 Å². The second-order valence-electron chi connectivity index (χ2n) is 2.26. The van der Waals surface area contributed by atoms with Crippen LogP contribution in [-0.2, 0) is 4.79 Å². The highest BCUT2D eigenvalue weighted by atomic mass is 16.2. The molecular formula is C7H7N3O. The van der Waals surface area contributed by atoms with E-state index in [4.69, 9.17) is 0 Å². The third-order valence-electron chi connectivity index (χ3n) is 1.51. The van der Waals surface area contributed by atoms with Gasteiger partial charge in [-0.2, -0.15) is 0 Å². The minimum atomic E-state index is 0.0237. The molecular weight excluding hydrogens is 142 g/mol. The molecule has 0 saturated heterocycles. The molecule has 0 spiro atoms. The Morgan fingerprint density at radius 3 is 3.36 bits per heavy atom. The lowest BCUT2D eigenvalue weighted by molar-refractivity contribution is -0.130. The lowest BCUT2D eigenvalue weighted by atomic mass is 10.3. The Kier molecular flexibility index (Phi) is 1.25. The number of carbonyl (C=O) groups is 1. The van der Waals surface area contributed by atoms with E-state index in [1.165, 1.54) is 5.01 Å². The van der Waals surface area contributed by atoms with E-state index in [1.54, 1.807) is 18.5 Å². The van der Waals surface area contributed by atoms with Gasteiger partial charge in [-0.1, -0.05) is 0 Å². The van der Waals surface area contributed by atoms with Gasteiger partial charge in [-0.25, -0.2) is 10.0 Å². The quantitative estimate of drug-likeness (QED) is 0.533. The van der Waals surface area contributed by atoms with Gasteiger partial charge in [-0.3, -0.25) is 10.2 Å². The maximum atomic E-state index is 11.1. The van der Waals surface area contributed by atoms with E-state index in [9.17, 15) is 4.79 Å². The van der Waals surface area contributed by atoms with Crippen molar-refractivity contribution < 1.29 is 4.79 Å². The summed E-state index contributed by atoms with van der Waals surface area (Å²) in [6, 6.07) is 0. The first-order valence-corrected chi connectivity index (χ1v) is 3.36. The fourth-order valence-corrected chi connectivity index (χ4v) is 1.00. The minimum absolute atomic E-state index is 0.0237. The van der Waals surface area contributed by atoms with Crippen molar-refractivity contribution in [2.24, 2.45) is 4.99 Å². The molecule has 0 fully saturated rings. The Morgan fingerprint density at radius 1 is 1.64 bits per heavy atom. The fourth-order valence-electron chi connectivity index (χ4n) is 1.00. The largest absolute Gasteiger partial charge is 0.297 e. The molecule has 56 valence electrons. The normalized spacial score (nSPS) is 20.9. The third-order valence-corrected chi connectivity index (χ3v) is 1.51. The van der Waals surface area contributed by atoms with E-state index in [2.05, 4.69) is 10.4 Å². The van der Waals surface area contributed by atoms with Crippen LogP contribution in [0, 0.1) is 0 Å². The summed E-state index contributed by atoms with van der Waals surface area (Å²) in [5.74, 6) is 0.680. The molecule has 2 heterocycles. The monoisotopic (exact) mass is 149 g/mol. The molecule has 0 atom stereocenters. The number of carbonyl (C=O) groups excluding carboxylic acids is 1. The van der Waals surface area contributed by atoms with Gasteiger partial charge in [0.15, 0.2) is 5.82 Å². The van der Waals surface area contributed by atoms with Crippen molar-refractivity contribution in [3.63, 3.8) is 0 Å². The Balaban J connectivity index is 2.36. The smallest absolute Gasteiger partial charge is 0.252 e. The second-order valence-corrected chi connectivity index (χ2v) is 2.26. The minimum Gasteiger partial charge on any atom is -0.297 e. The number of fused-ring (bicyclic) bond motifs is 1. The molecule has 4 nitrogen and oxygen atoms in total. The summed E-state index contributed by atoms with van der Waals surface area (Å²) in [6.07, 6.45) is 7.28. The van der Waals surface area contributed by atoms with Gasteiger partial charge in [0, 0.05) is 12.4 Å². The molecule has 0 bridgehead atoms. The van der Waals surface area contributed by atoms with Crippen molar-refractivity contribution in [3.05, 3.63) is 24.2 Å². The Labute approximate surface area is 63.9 Å². The Hall–Kier alpha value is -1.58. The lowest BCUT2D eigenvalue weighted by Crippen LogP contribution is -2.41. The summed E-state index contributed by atoms with van der Waals surface area (Å²) in [5, 5.41) is 1.43. The summed E-state index contributed by atoms with van der Waals surface area (Å²) in [6.45, 7) is 0. The van der Waals surface area contributed by atoms with Crippen molar-refractivity contribution in [1.29, 1.82) is 0 Å². The third kappa shape index (κ3) is 0.920. The van der Waals surface area contributed by atoms with Crippen LogP contribution < -0.4 is 5.43 Å². The molecule has 2 aliphatic heterocycles. The van der Waals surface area contributed by atoms with Gasteiger partial charge in [-0.15, -0.1) is 0 Å². The van der Waals surface area contributed by atoms with E-state index in [0.29, 0.717) is 12.2 Å². The summed E-state index contributed by atoms with van der Waals surface area (Å²) >= 11 is 0. The molecule has 0 aromatic rings. The number of hydrazine groups is 1. The molecule has 0 aromatic heterocycles. The highest BCUT2D eigenvalue weighted by Crippen LogP contribution is 2.12. The second kappa shape index (κ2) is 2.23. The number of amides is 1. The zero-order valence-corrected chi connectivity index (χ0v) is 5.82. The molecule has 0 radical (unpaired) electrons. The van der Waals surface area contributed by atoms with Crippen LogP contribution in [0.15, 0.2) is 29.2 Å². The number of hydrogen-bond acceptors (Lipinski definition) is 3. The van der Waals surface area contributed by atoms with Crippen LogP contribution in [0.1, 0.15) is 6.42 Å². The van der Waals surface area contributed by atoms with Crippen LogP contribution in [0.5, 0.6) is 0 Å². The van der Waals surface area contributed by atoms with Gasteiger partial charge in [-0.05, 0) is 12.2 Å². The summed E-state index contributed by atoms with van der Waals surface area (Å²) < 4.78 is 0. The lowest BCUT2D eigenvalue weighted by Gasteiger charge is -2.26. The molecule has 1 amide bonds. The SMILES string of the molecule is O=C1CC=NC2=CC=CNN12. The number of allylic oxidation sites excluding steroid dienone is 2. The predicted molar refractivity (Wildman–Crippen MR) is 40.3 cm³/mol. The number of rotatable bonds is 0. The highest BCUT2D eigenvalue weighted by Gasteiger charge is 2.20. The van der Waals surface area contributed by atoms with Crippen LogP contribution in [0.2, 0.25) is 0 Å². The first-order valence-electron chi connectivity index (χ1n) is 3.36. The molecule has 0 aromatic carbocycles. The Bertz CT molecular complexity index is 277. The van der Waals surface area contributed by atoms with Gasteiger partial charge in [0.1, 0.15) is 0 Å². The first kappa shape index (κ1) is 6.15.